The van der Waals surface area contributed by atoms with E-state index < -0.39 is 6.04 Å². The van der Waals surface area contributed by atoms with E-state index in [0.29, 0.717) is 26.0 Å². The minimum Gasteiger partial charge on any atom is -0.497 e. The second-order valence-electron chi connectivity index (χ2n) is 9.50. The van der Waals surface area contributed by atoms with Gasteiger partial charge in [-0.15, -0.1) is 0 Å². The lowest BCUT2D eigenvalue weighted by Gasteiger charge is -2.32. The molecule has 37 heavy (non-hydrogen) atoms. The van der Waals surface area contributed by atoms with Crippen molar-refractivity contribution in [3.8, 4) is 11.5 Å². The van der Waals surface area contributed by atoms with E-state index in [4.69, 9.17) is 9.47 Å². The van der Waals surface area contributed by atoms with Crippen LogP contribution in [0.15, 0.2) is 78.9 Å². The molecule has 6 nitrogen and oxygen atoms in total. The van der Waals surface area contributed by atoms with Gasteiger partial charge < -0.3 is 19.7 Å². The molecule has 196 valence electrons. The second kappa shape index (κ2) is 14.1. The Labute approximate surface area is 220 Å². The van der Waals surface area contributed by atoms with Crippen LogP contribution in [0.1, 0.15) is 43.4 Å². The van der Waals surface area contributed by atoms with Crippen LogP contribution in [0, 0.1) is 6.92 Å². The molecule has 0 spiro atoms. The molecule has 0 aliphatic rings. The third kappa shape index (κ3) is 8.98. The summed E-state index contributed by atoms with van der Waals surface area (Å²) in [6.45, 7) is 6.66. The van der Waals surface area contributed by atoms with Crippen LogP contribution in [0.2, 0.25) is 0 Å². The standard InChI is InChI=1S/C31H38N2O4/c1-23(2)32-31(35)29(21-25-9-6-5-7-10-25)33(22-26-14-12-24(3)13-15-26)30(34)11-8-20-37-28-18-16-27(36-4)17-19-28/h5-7,9-10,12-19,23,29H,8,11,20-22H2,1-4H3,(H,32,35)/t29-/m1/s1. The summed E-state index contributed by atoms with van der Waals surface area (Å²) in [7, 11) is 1.62. The first-order valence-electron chi connectivity index (χ1n) is 12.8. The van der Waals surface area contributed by atoms with Crippen LogP contribution >= 0.6 is 0 Å². The molecule has 3 rings (SSSR count). The Bertz CT molecular complexity index is 1110. The second-order valence-corrected chi connectivity index (χ2v) is 9.50. The Hall–Kier alpha value is -3.80. The molecule has 0 aromatic heterocycles. The van der Waals surface area contributed by atoms with E-state index in [1.54, 1.807) is 12.0 Å². The smallest absolute Gasteiger partial charge is 0.243 e. The number of methoxy groups -OCH3 is 1. The van der Waals surface area contributed by atoms with Crippen LogP contribution in [0.3, 0.4) is 0 Å². The Morgan fingerprint density at radius 1 is 0.865 bits per heavy atom. The first-order valence-corrected chi connectivity index (χ1v) is 12.8. The van der Waals surface area contributed by atoms with Gasteiger partial charge in [-0.3, -0.25) is 9.59 Å². The average Bonchev–Trinajstić information content (AvgIpc) is 2.90. The van der Waals surface area contributed by atoms with Crippen LogP contribution in [-0.4, -0.2) is 42.5 Å². The van der Waals surface area contributed by atoms with Gasteiger partial charge in [0.25, 0.3) is 0 Å². The maximum absolute atomic E-state index is 13.6. The molecule has 6 heteroatoms. The highest BCUT2D eigenvalue weighted by Gasteiger charge is 2.30. The number of amides is 2. The first kappa shape index (κ1) is 27.8. The molecule has 2 amide bonds. The zero-order valence-corrected chi connectivity index (χ0v) is 22.3. The van der Waals surface area contributed by atoms with E-state index >= 15 is 0 Å². The molecule has 0 saturated carbocycles. The Kier molecular flexibility index (Phi) is 10.6. The quantitative estimate of drug-likeness (QED) is 0.321. The fraction of sp³-hybridized carbons (Fsp3) is 0.355. The van der Waals surface area contributed by atoms with Crippen LogP contribution < -0.4 is 14.8 Å². The molecule has 0 fully saturated rings. The van der Waals surface area contributed by atoms with Crippen LogP contribution in [0.25, 0.3) is 0 Å². The van der Waals surface area contributed by atoms with Gasteiger partial charge in [0.15, 0.2) is 0 Å². The summed E-state index contributed by atoms with van der Waals surface area (Å²) in [5.41, 5.74) is 3.15. The number of carbonyl (C=O) groups excluding carboxylic acids is 2. The van der Waals surface area contributed by atoms with E-state index in [1.807, 2.05) is 99.6 Å². The van der Waals surface area contributed by atoms with Crippen molar-refractivity contribution in [3.63, 3.8) is 0 Å². The van der Waals surface area contributed by atoms with Crippen LogP contribution in [0.5, 0.6) is 11.5 Å². The molecule has 0 saturated heterocycles. The van der Waals surface area contributed by atoms with Crippen molar-refractivity contribution in [2.75, 3.05) is 13.7 Å². The minimum absolute atomic E-state index is 0.0278. The molecule has 1 atom stereocenters. The zero-order chi connectivity index (χ0) is 26.6. The number of nitrogens with one attached hydrogen (secondary N) is 1. The van der Waals surface area contributed by atoms with Crippen molar-refractivity contribution in [2.24, 2.45) is 0 Å². The fourth-order valence-electron chi connectivity index (χ4n) is 4.05. The maximum Gasteiger partial charge on any atom is 0.243 e. The molecule has 1 N–H and O–H groups in total. The van der Waals surface area contributed by atoms with E-state index in [-0.39, 0.29) is 24.3 Å². The molecule has 3 aromatic rings. The zero-order valence-electron chi connectivity index (χ0n) is 22.3. The number of hydrogen-bond acceptors (Lipinski definition) is 4. The number of benzene rings is 3. The molecule has 0 unspecified atom stereocenters. The Balaban J connectivity index is 1.75. The van der Waals surface area contributed by atoms with Crippen molar-refractivity contribution in [2.45, 2.75) is 58.7 Å². The van der Waals surface area contributed by atoms with Gasteiger partial charge >= 0.3 is 0 Å². The van der Waals surface area contributed by atoms with Gasteiger partial charge in [0.05, 0.1) is 13.7 Å². The molecule has 0 aliphatic carbocycles. The summed E-state index contributed by atoms with van der Waals surface area (Å²) in [6.07, 6.45) is 1.26. The minimum atomic E-state index is -0.624. The van der Waals surface area contributed by atoms with Crippen molar-refractivity contribution < 1.29 is 19.1 Å². The highest BCUT2D eigenvalue weighted by atomic mass is 16.5. The topological polar surface area (TPSA) is 67.9 Å². The van der Waals surface area contributed by atoms with E-state index in [0.717, 1.165) is 28.2 Å². The van der Waals surface area contributed by atoms with Crippen molar-refractivity contribution in [3.05, 3.63) is 95.6 Å². The molecule has 0 bridgehead atoms. The summed E-state index contributed by atoms with van der Waals surface area (Å²) in [5, 5.41) is 3.02. The largest absolute Gasteiger partial charge is 0.497 e. The lowest BCUT2D eigenvalue weighted by Crippen LogP contribution is -2.51. The first-order chi connectivity index (χ1) is 17.9. The predicted molar refractivity (Wildman–Crippen MR) is 147 cm³/mol. The SMILES string of the molecule is COc1ccc(OCCCC(=O)N(Cc2ccc(C)cc2)[C@H](Cc2ccccc2)C(=O)NC(C)C)cc1. The van der Waals surface area contributed by atoms with Gasteiger partial charge in [0.2, 0.25) is 11.8 Å². The van der Waals surface area contributed by atoms with Gasteiger partial charge in [0.1, 0.15) is 17.5 Å². The van der Waals surface area contributed by atoms with Gasteiger partial charge in [-0.1, -0.05) is 60.2 Å². The van der Waals surface area contributed by atoms with Gasteiger partial charge in [-0.2, -0.15) is 0 Å². The summed E-state index contributed by atoms with van der Waals surface area (Å²) >= 11 is 0. The molecular weight excluding hydrogens is 464 g/mol. The number of carbonyl (C=O) groups is 2. The van der Waals surface area contributed by atoms with Gasteiger partial charge in [0, 0.05) is 25.4 Å². The van der Waals surface area contributed by atoms with E-state index in [2.05, 4.69) is 5.32 Å². The molecule has 0 radical (unpaired) electrons. The van der Waals surface area contributed by atoms with E-state index in [1.165, 1.54) is 0 Å². The lowest BCUT2D eigenvalue weighted by molar-refractivity contribution is -0.141. The molecular formula is C31H38N2O4. The summed E-state index contributed by atoms with van der Waals surface area (Å²) in [6, 6.07) is 24.6. The number of ether oxygens (including phenoxy) is 2. The predicted octanol–water partition coefficient (Wildman–Crippen LogP) is 5.33. The molecule has 0 heterocycles. The highest BCUT2D eigenvalue weighted by Crippen LogP contribution is 2.19. The monoisotopic (exact) mass is 502 g/mol. The Morgan fingerprint density at radius 2 is 1.51 bits per heavy atom. The number of rotatable bonds is 13. The van der Waals surface area contributed by atoms with E-state index in [9.17, 15) is 9.59 Å². The average molecular weight is 503 g/mol. The van der Waals surface area contributed by atoms with Crippen molar-refractivity contribution in [1.29, 1.82) is 0 Å². The van der Waals surface area contributed by atoms with Crippen LogP contribution in [-0.2, 0) is 22.6 Å². The summed E-state index contributed by atoms with van der Waals surface area (Å²) in [4.78, 5) is 28.7. The normalized spacial score (nSPS) is 11.6. The lowest BCUT2D eigenvalue weighted by atomic mass is 10.0. The maximum atomic E-state index is 13.6. The van der Waals surface area contributed by atoms with Crippen molar-refractivity contribution >= 4 is 11.8 Å². The summed E-state index contributed by atoms with van der Waals surface area (Å²) < 4.78 is 11.0. The Morgan fingerprint density at radius 3 is 2.14 bits per heavy atom. The highest BCUT2D eigenvalue weighted by molar-refractivity contribution is 5.88. The number of hydrogen-bond donors (Lipinski definition) is 1. The number of aryl methyl sites for hydroxylation is 1. The van der Waals surface area contributed by atoms with Crippen molar-refractivity contribution in [1.82, 2.24) is 10.2 Å². The fourth-order valence-corrected chi connectivity index (χ4v) is 4.05. The van der Waals surface area contributed by atoms with Gasteiger partial charge in [-0.25, -0.2) is 0 Å². The molecule has 3 aromatic carbocycles. The molecule has 0 aliphatic heterocycles. The van der Waals surface area contributed by atoms with Crippen LogP contribution in [0.4, 0.5) is 0 Å². The number of nitrogens with zero attached hydrogens (tertiary/aromatic N) is 1. The van der Waals surface area contributed by atoms with Gasteiger partial charge in [-0.05, 0) is 62.6 Å². The third-order valence-electron chi connectivity index (χ3n) is 6.04. The third-order valence-corrected chi connectivity index (χ3v) is 6.04. The summed E-state index contributed by atoms with van der Waals surface area (Å²) in [5.74, 6) is 1.27.